The highest BCUT2D eigenvalue weighted by molar-refractivity contribution is 7.99. The molecule has 0 aromatic heterocycles. The number of benzene rings is 1. The van der Waals surface area contributed by atoms with Crippen molar-refractivity contribution in [3.8, 4) is 0 Å². The summed E-state index contributed by atoms with van der Waals surface area (Å²) in [5, 5.41) is 21.4. The first-order valence-electron chi connectivity index (χ1n) is 9.62. The van der Waals surface area contributed by atoms with Crippen molar-refractivity contribution in [1.29, 1.82) is 0 Å². The Bertz CT molecular complexity index is 786. The lowest BCUT2D eigenvalue weighted by atomic mass is 9.97. The van der Waals surface area contributed by atoms with E-state index in [0.29, 0.717) is 30.6 Å². The van der Waals surface area contributed by atoms with Crippen LogP contribution in [0, 0.1) is 5.92 Å². The number of nitrogens with one attached hydrogen (secondary N) is 1. The molecule has 9 heteroatoms. The average molecular weight is 420 g/mol. The number of hydrogen-bond acceptors (Lipinski definition) is 5. The monoisotopic (exact) mass is 420 g/mol. The number of carbonyl (C=O) groups excluding carboxylic acids is 2. The predicted molar refractivity (Wildman–Crippen MR) is 106 cm³/mol. The molecule has 2 fully saturated rings. The van der Waals surface area contributed by atoms with Crippen molar-refractivity contribution in [2.75, 3.05) is 5.75 Å². The number of piperidine rings is 1. The molecule has 0 aliphatic carbocycles. The van der Waals surface area contributed by atoms with Gasteiger partial charge >= 0.3 is 11.9 Å². The lowest BCUT2D eigenvalue weighted by Gasteiger charge is -2.39. The summed E-state index contributed by atoms with van der Waals surface area (Å²) in [6, 6.07) is 6.98. The van der Waals surface area contributed by atoms with Crippen LogP contribution in [0.2, 0.25) is 0 Å². The van der Waals surface area contributed by atoms with Crippen LogP contribution < -0.4 is 5.32 Å². The summed E-state index contributed by atoms with van der Waals surface area (Å²) >= 11 is 1.52. The van der Waals surface area contributed by atoms with E-state index in [0.717, 1.165) is 6.42 Å². The Morgan fingerprint density at radius 1 is 1.14 bits per heavy atom. The minimum absolute atomic E-state index is 0.0156. The highest BCUT2D eigenvalue weighted by atomic mass is 32.2. The maximum atomic E-state index is 13.1. The van der Waals surface area contributed by atoms with Gasteiger partial charge in [-0.1, -0.05) is 30.3 Å². The molecule has 1 aromatic rings. The van der Waals surface area contributed by atoms with Gasteiger partial charge in [0.1, 0.15) is 18.0 Å². The Morgan fingerprint density at radius 2 is 1.86 bits per heavy atom. The minimum atomic E-state index is -1.33. The zero-order valence-corrected chi connectivity index (χ0v) is 16.6. The van der Waals surface area contributed by atoms with Gasteiger partial charge in [-0.3, -0.25) is 14.4 Å². The van der Waals surface area contributed by atoms with Gasteiger partial charge < -0.3 is 20.4 Å². The summed E-state index contributed by atoms with van der Waals surface area (Å²) in [5.41, 5.74) is 0.708. The second kappa shape index (κ2) is 9.30. The Kier molecular flexibility index (Phi) is 6.79. The van der Waals surface area contributed by atoms with E-state index in [1.807, 2.05) is 0 Å². The van der Waals surface area contributed by atoms with E-state index < -0.39 is 41.8 Å². The fraction of sp³-hybridized carbons (Fsp3) is 0.500. The van der Waals surface area contributed by atoms with E-state index in [2.05, 4.69) is 5.32 Å². The minimum Gasteiger partial charge on any atom is -0.481 e. The number of hydrogen-bond donors (Lipinski definition) is 3. The summed E-state index contributed by atoms with van der Waals surface area (Å²) in [7, 11) is 0. The molecule has 0 radical (unpaired) electrons. The number of fused-ring (bicyclic) bond motifs is 1. The molecular weight excluding hydrogens is 396 g/mol. The van der Waals surface area contributed by atoms with Crippen LogP contribution in [0.25, 0.3) is 0 Å². The summed E-state index contributed by atoms with van der Waals surface area (Å²) in [6.07, 6.45) is 2.18. The van der Waals surface area contributed by atoms with Crippen LogP contribution in [-0.2, 0) is 25.6 Å². The van der Waals surface area contributed by atoms with Crippen LogP contribution in [0.4, 0.5) is 0 Å². The number of rotatable bonds is 6. The molecule has 3 N–H and O–H groups in total. The third-order valence-electron chi connectivity index (χ3n) is 5.34. The van der Waals surface area contributed by atoms with E-state index in [-0.39, 0.29) is 11.8 Å². The van der Waals surface area contributed by atoms with Crippen LogP contribution in [0.5, 0.6) is 0 Å². The number of amides is 2. The molecule has 156 valence electrons. The summed E-state index contributed by atoms with van der Waals surface area (Å²) in [5.74, 6) is -4.23. The van der Waals surface area contributed by atoms with Gasteiger partial charge in [0.25, 0.3) is 0 Å². The Hall–Kier alpha value is -2.55. The molecule has 2 aliphatic heterocycles. The van der Waals surface area contributed by atoms with Crippen molar-refractivity contribution < 1.29 is 29.4 Å². The first kappa shape index (κ1) is 21.2. The van der Waals surface area contributed by atoms with Crippen molar-refractivity contribution in [2.45, 2.75) is 49.6 Å². The van der Waals surface area contributed by atoms with Crippen molar-refractivity contribution in [1.82, 2.24) is 10.2 Å². The molecule has 8 nitrogen and oxygen atoms in total. The highest BCUT2D eigenvalue weighted by Gasteiger charge is 2.43. The molecule has 0 bridgehead atoms. The normalized spacial score (nSPS) is 25.4. The molecule has 4 atom stereocenters. The predicted octanol–water partition coefficient (Wildman–Crippen LogP) is 1.34. The van der Waals surface area contributed by atoms with Crippen LogP contribution in [0.3, 0.4) is 0 Å². The number of nitrogens with zero attached hydrogens (tertiary/aromatic N) is 1. The average Bonchev–Trinajstić information content (AvgIpc) is 2.85. The molecule has 2 saturated heterocycles. The third kappa shape index (κ3) is 4.90. The first-order valence-corrected chi connectivity index (χ1v) is 10.7. The molecule has 3 unspecified atom stereocenters. The summed E-state index contributed by atoms with van der Waals surface area (Å²) in [6.45, 7) is 0. The van der Waals surface area contributed by atoms with Gasteiger partial charge in [-0.05, 0) is 43.4 Å². The van der Waals surface area contributed by atoms with E-state index in [1.54, 1.807) is 30.3 Å². The van der Waals surface area contributed by atoms with Gasteiger partial charge in [0.2, 0.25) is 11.8 Å². The maximum Gasteiger partial charge on any atom is 0.326 e. The van der Waals surface area contributed by atoms with Gasteiger partial charge in [-0.2, -0.15) is 0 Å². The molecule has 1 aromatic carbocycles. The second-order valence-electron chi connectivity index (χ2n) is 7.29. The first-order chi connectivity index (χ1) is 13.9. The van der Waals surface area contributed by atoms with Crippen LogP contribution >= 0.6 is 11.8 Å². The number of carboxylic acid groups (broad SMARTS) is 2. The van der Waals surface area contributed by atoms with E-state index in [4.69, 9.17) is 0 Å². The summed E-state index contributed by atoms with van der Waals surface area (Å²) in [4.78, 5) is 50.4. The van der Waals surface area contributed by atoms with Crippen molar-refractivity contribution in [3.63, 3.8) is 0 Å². The van der Waals surface area contributed by atoms with E-state index >= 15 is 0 Å². The molecule has 0 spiro atoms. The smallest absolute Gasteiger partial charge is 0.326 e. The number of carboxylic acids is 2. The van der Waals surface area contributed by atoms with Gasteiger partial charge in [0.05, 0.1) is 5.37 Å². The highest BCUT2D eigenvalue weighted by Crippen LogP contribution is 2.34. The van der Waals surface area contributed by atoms with Gasteiger partial charge in [0.15, 0.2) is 0 Å². The van der Waals surface area contributed by atoms with Crippen LogP contribution in [0.15, 0.2) is 30.3 Å². The molecule has 2 amide bonds. The quantitative estimate of drug-likeness (QED) is 0.593. The Morgan fingerprint density at radius 3 is 2.52 bits per heavy atom. The zero-order valence-electron chi connectivity index (χ0n) is 15.8. The van der Waals surface area contributed by atoms with Crippen molar-refractivity contribution in [2.24, 2.45) is 5.92 Å². The van der Waals surface area contributed by atoms with Crippen LogP contribution in [0.1, 0.15) is 31.2 Å². The van der Waals surface area contributed by atoms with Crippen molar-refractivity contribution in [3.05, 3.63) is 35.9 Å². The number of aliphatic carboxylic acids is 2. The molecular formula is C20H24N2O6S. The molecule has 0 saturated carbocycles. The molecule has 2 heterocycles. The fourth-order valence-electron chi connectivity index (χ4n) is 3.84. The number of thioether (sulfide) groups is 1. The Balaban J connectivity index is 1.74. The lowest BCUT2D eigenvalue weighted by Crippen LogP contribution is -2.57. The molecule has 2 aliphatic rings. The van der Waals surface area contributed by atoms with Gasteiger partial charge in [-0.15, -0.1) is 11.8 Å². The zero-order chi connectivity index (χ0) is 21.0. The molecule has 3 rings (SSSR count). The third-order valence-corrected chi connectivity index (χ3v) is 6.66. The van der Waals surface area contributed by atoms with Crippen LogP contribution in [-0.4, -0.2) is 62.1 Å². The second-order valence-corrected chi connectivity index (χ2v) is 8.57. The van der Waals surface area contributed by atoms with Gasteiger partial charge in [0, 0.05) is 0 Å². The SMILES string of the molecule is O=C(O)C(Cc1ccccc1)C(=O)N[C@H]1CCSC2CCCC(C(=O)O)N2C1=O. The number of carbonyl (C=O) groups is 4. The molecule has 29 heavy (non-hydrogen) atoms. The standard InChI is InChI=1S/C20H24N2O6S/c23-17(13(19(25)26)11-12-5-2-1-3-6-12)21-14-9-10-29-16-8-4-7-15(20(27)28)22(16)18(14)24/h1-3,5-6,13-16H,4,7-11H2,(H,21,23)(H,25,26)(H,27,28)/t13?,14-,15?,16?/m0/s1. The summed E-state index contributed by atoms with van der Waals surface area (Å²) < 4.78 is 0. The fourth-order valence-corrected chi connectivity index (χ4v) is 5.23. The maximum absolute atomic E-state index is 13.1. The van der Waals surface area contributed by atoms with E-state index in [1.165, 1.54) is 16.7 Å². The lowest BCUT2D eigenvalue weighted by molar-refractivity contribution is -0.154. The van der Waals surface area contributed by atoms with Gasteiger partial charge in [-0.25, -0.2) is 4.79 Å². The van der Waals surface area contributed by atoms with Crippen molar-refractivity contribution >= 4 is 35.5 Å². The Labute approximate surface area is 172 Å². The van der Waals surface area contributed by atoms with E-state index in [9.17, 15) is 29.4 Å². The largest absolute Gasteiger partial charge is 0.481 e. The topological polar surface area (TPSA) is 124 Å².